The lowest BCUT2D eigenvalue weighted by Crippen LogP contribution is -2.44. The summed E-state index contributed by atoms with van der Waals surface area (Å²) in [6.07, 6.45) is -0.511. The van der Waals surface area contributed by atoms with E-state index < -0.39 is 23.0 Å². The lowest BCUT2D eigenvalue weighted by molar-refractivity contribution is -0.384. The van der Waals surface area contributed by atoms with Gasteiger partial charge in [0.2, 0.25) is 0 Å². The fourth-order valence-corrected chi connectivity index (χ4v) is 1.76. The van der Waals surface area contributed by atoms with E-state index in [2.05, 4.69) is 9.47 Å². The lowest BCUT2D eigenvalue weighted by atomic mass is 10.0. The van der Waals surface area contributed by atoms with E-state index in [9.17, 15) is 19.7 Å². The van der Waals surface area contributed by atoms with Crippen LogP contribution in [0.3, 0.4) is 0 Å². The smallest absolute Gasteiger partial charge is 0.409 e. The molecule has 8 heteroatoms. The summed E-state index contributed by atoms with van der Waals surface area (Å²) in [6.45, 7) is 0. The molecule has 8 nitrogen and oxygen atoms in total. The summed E-state index contributed by atoms with van der Waals surface area (Å²) in [6, 6.07) is 4.85. The monoisotopic (exact) mass is 296 g/mol. The molecule has 21 heavy (non-hydrogen) atoms. The zero-order valence-electron chi connectivity index (χ0n) is 11.9. The van der Waals surface area contributed by atoms with Crippen LogP contribution in [0.15, 0.2) is 24.3 Å². The van der Waals surface area contributed by atoms with E-state index >= 15 is 0 Å². The van der Waals surface area contributed by atoms with Gasteiger partial charge in [-0.15, -0.1) is 0 Å². The van der Waals surface area contributed by atoms with Crippen LogP contribution in [0.25, 0.3) is 0 Å². The number of amides is 1. The second-order valence-corrected chi connectivity index (χ2v) is 4.25. The Labute approximate surface area is 121 Å². The van der Waals surface area contributed by atoms with Crippen LogP contribution >= 0.6 is 0 Å². The van der Waals surface area contributed by atoms with Crippen molar-refractivity contribution in [3.63, 3.8) is 0 Å². The maximum Gasteiger partial charge on any atom is 0.409 e. The maximum absolute atomic E-state index is 11.8. The van der Waals surface area contributed by atoms with Gasteiger partial charge in [-0.1, -0.05) is 12.1 Å². The molecule has 0 aliphatic carbocycles. The van der Waals surface area contributed by atoms with E-state index in [0.29, 0.717) is 5.56 Å². The fourth-order valence-electron chi connectivity index (χ4n) is 1.76. The Morgan fingerprint density at radius 1 is 1.24 bits per heavy atom. The molecule has 0 aliphatic heterocycles. The van der Waals surface area contributed by atoms with Gasteiger partial charge in [0.05, 0.1) is 19.1 Å². The molecule has 1 rings (SSSR count). The van der Waals surface area contributed by atoms with Crippen molar-refractivity contribution in [1.29, 1.82) is 0 Å². The van der Waals surface area contributed by atoms with E-state index in [1.807, 2.05) is 0 Å². The standard InChI is InChI=1S/C13H16N2O6/c1-14(13(17)21-3)11(12(16)20-2)8-9-4-6-10(7-5-9)15(18)19/h4-7,11H,8H2,1-3H3. The summed E-state index contributed by atoms with van der Waals surface area (Å²) >= 11 is 0. The van der Waals surface area contributed by atoms with Gasteiger partial charge < -0.3 is 9.47 Å². The molecule has 0 bridgehead atoms. The van der Waals surface area contributed by atoms with Gasteiger partial charge in [-0.2, -0.15) is 0 Å². The molecule has 1 aromatic rings. The molecule has 0 N–H and O–H groups in total. The first kappa shape index (κ1) is 16.4. The number of nitrogens with zero attached hydrogens (tertiary/aromatic N) is 2. The van der Waals surface area contributed by atoms with Crippen LogP contribution in [-0.2, 0) is 20.7 Å². The second kappa shape index (κ2) is 7.22. The highest BCUT2D eigenvalue weighted by Gasteiger charge is 2.28. The van der Waals surface area contributed by atoms with E-state index in [1.165, 1.54) is 45.5 Å². The minimum absolute atomic E-state index is 0.0466. The van der Waals surface area contributed by atoms with Crippen LogP contribution in [0.1, 0.15) is 5.56 Å². The van der Waals surface area contributed by atoms with E-state index in [4.69, 9.17) is 0 Å². The van der Waals surface area contributed by atoms with Crippen molar-refractivity contribution >= 4 is 17.7 Å². The Bertz CT molecular complexity index is 528. The molecule has 0 spiro atoms. The van der Waals surface area contributed by atoms with E-state index in [1.54, 1.807) is 0 Å². The number of hydrogen-bond acceptors (Lipinski definition) is 6. The molecule has 0 heterocycles. The van der Waals surface area contributed by atoms with Crippen molar-refractivity contribution in [1.82, 2.24) is 4.90 Å². The average Bonchev–Trinajstić information content (AvgIpc) is 2.50. The first-order valence-corrected chi connectivity index (χ1v) is 6.02. The van der Waals surface area contributed by atoms with Gasteiger partial charge in [-0.05, 0) is 5.56 Å². The Balaban J connectivity index is 2.93. The summed E-state index contributed by atoms with van der Waals surface area (Å²) < 4.78 is 9.23. The Kier molecular flexibility index (Phi) is 5.65. The molecule has 0 fully saturated rings. The molecule has 1 atom stereocenters. The summed E-state index contributed by atoms with van der Waals surface area (Å²) in [5.74, 6) is -0.596. The third kappa shape index (κ3) is 4.16. The Hall–Kier alpha value is -2.64. The number of carbonyl (C=O) groups is 2. The number of likely N-dealkylation sites (N-methyl/N-ethyl adjacent to an activating group) is 1. The van der Waals surface area contributed by atoms with Gasteiger partial charge >= 0.3 is 12.1 Å². The van der Waals surface area contributed by atoms with Crippen LogP contribution in [0.2, 0.25) is 0 Å². The highest BCUT2D eigenvalue weighted by molar-refractivity contribution is 5.81. The number of nitro groups is 1. The number of rotatable bonds is 5. The van der Waals surface area contributed by atoms with Crippen LogP contribution in [0, 0.1) is 10.1 Å². The normalized spacial score (nSPS) is 11.4. The van der Waals surface area contributed by atoms with Gasteiger partial charge in [0.25, 0.3) is 5.69 Å². The Morgan fingerprint density at radius 3 is 2.24 bits per heavy atom. The lowest BCUT2D eigenvalue weighted by Gasteiger charge is -2.24. The van der Waals surface area contributed by atoms with E-state index in [-0.39, 0.29) is 12.1 Å². The molecule has 1 unspecified atom stereocenters. The molecular weight excluding hydrogens is 280 g/mol. The van der Waals surface area contributed by atoms with Gasteiger partial charge in [0.15, 0.2) is 0 Å². The maximum atomic E-state index is 11.8. The van der Waals surface area contributed by atoms with Crippen molar-refractivity contribution in [2.75, 3.05) is 21.3 Å². The van der Waals surface area contributed by atoms with Crippen LogP contribution in [0.4, 0.5) is 10.5 Å². The number of ether oxygens (including phenoxy) is 2. The van der Waals surface area contributed by atoms with Gasteiger partial charge in [0, 0.05) is 25.6 Å². The molecule has 0 aliphatic rings. The number of non-ortho nitro benzene ring substituents is 1. The fraction of sp³-hybridized carbons (Fsp3) is 0.385. The molecule has 1 aromatic carbocycles. The zero-order valence-corrected chi connectivity index (χ0v) is 11.9. The SMILES string of the molecule is COC(=O)C(Cc1ccc([N+](=O)[O-])cc1)N(C)C(=O)OC. The summed E-state index contributed by atoms with van der Waals surface area (Å²) in [7, 11) is 3.84. The van der Waals surface area contributed by atoms with Gasteiger partial charge in [0.1, 0.15) is 6.04 Å². The molecule has 0 radical (unpaired) electrons. The van der Waals surface area contributed by atoms with Crippen molar-refractivity contribution in [2.24, 2.45) is 0 Å². The van der Waals surface area contributed by atoms with Crippen LogP contribution in [0.5, 0.6) is 0 Å². The molecule has 0 saturated carbocycles. The first-order valence-electron chi connectivity index (χ1n) is 6.02. The highest BCUT2D eigenvalue weighted by Crippen LogP contribution is 2.15. The topological polar surface area (TPSA) is 99.0 Å². The second-order valence-electron chi connectivity index (χ2n) is 4.25. The number of nitro benzene ring substituents is 1. The van der Waals surface area contributed by atoms with E-state index in [0.717, 1.165) is 4.90 Å². The number of esters is 1. The van der Waals surface area contributed by atoms with Gasteiger partial charge in [-0.25, -0.2) is 9.59 Å². The average molecular weight is 296 g/mol. The third-order valence-electron chi connectivity index (χ3n) is 2.98. The van der Waals surface area contributed by atoms with Crippen LogP contribution in [-0.4, -0.2) is 49.2 Å². The Morgan fingerprint density at radius 2 is 1.81 bits per heavy atom. The van der Waals surface area contributed by atoms with Crippen molar-refractivity contribution in [3.8, 4) is 0 Å². The first-order chi connectivity index (χ1) is 9.90. The number of benzene rings is 1. The summed E-state index contributed by atoms with van der Waals surface area (Å²) in [5, 5.41) is 10.6. The predicted octanol–water partition coefficient (Wildman–Crippen LogP) is 1.38. The summed E-state index contributed by atoms with van der Waals surface area (Å²) in [4.78, 5) is 34.5. The third-order valence-corrected chi connectivity index (χ3v) is 2.98. The molecular formula is C13H16N2O6. The molecule has 0 aromatic heterocycles. The quantitative estimate of drug-likeness (QED) is 0.462. The zero-order chi connectivity index (χ0) is 16.0. The van der Waals surface area contributed by atoms with Crippen molar-refractivity contribution in [2.45, 2.75) is 12.5 Å². The predicted molar refractivity (Wildman–Crippen MR) is 72.8 cm³/mol. The molecule has 114 valence electrons. The number of hydrogen-bond donors (Lipinski definition) is 0. The number of carbonyl (C=O) groups excluding carboxylic acids is 2. The van der Waals surface area contributed by atoms with Crippen molar-refractivity contribution in [3.05, 3.63) is 39.9 Å². The number of methoxy groups -OCH3 is 2. The van der Waals surface area contributed by atoms with Crippen LogP contribution < -0.4 is 0 Å². The highest BCUT2D eigenvalue weighted by atomic mass is 16.6. The minimum atomic E-state index is -0.871. The minimum Gasteiger partial charge on any atom is -0.467 e. The van der Waals surface area contributed by atoms with Crippen molar-refractivity contribution < 1.29 is 24.0 Å². The summed E-state index contributed by atoms with van der Waals surface area (Å²) in [5.41, 5.74) is 0.612. The molecule has 0 saturated heterocycles. The largest absolute Gasteiger partial charge is 0.467 e. The van der Waals surface area contributed by atoms with Gasteiger partial charge in [-0.3, -0.25) is 15.0 Å². The molecule has 1 amide bonds.